The number of carbonyl (C=O) groups is 1. The molecular weight excluding hydrogens is 300 g/mol. The van der Waals surface area contributed by atoms with Crippen LogP contribution < -0.4 is 5.32 Å². The Hall–Kier alpha value is -2.30. The molecule has 0 bridgehead atoms. The van der Waals surface area contributed by atoms with E-state index in [1.165, 1.54) is 11.3 Å². The minimum absolute atomic E-state index is 0.00195. The van der Waals surface area contributed by atoms with Gasteiger partial charge in [0.2, 0.25) is 5.13 Å². The van der Waals surface area contributed by atoms with Crippen LogP contribution in [0.1, 0.15) is 39.9 Å². The van der Waals surface area contributed by atoms with Gasteiger partial charge in [-0.15, -0.1) is 10.2 Å². The number of nitrogens with zero attached hydrogens (tertiary/aromatic N) is 3. The minimum Gasteiger partial charge on any atom is -0.371 e. The number of hydrogen-bond acceptors (Lipinski definition) is 6. The van der Waals surface area contributed by atoms with Gasteiger partial charge in [0.15, 0.2) is 0 Å². The average molecular weight is 314 g/mol. The summed E-state index contributed by atoms with van der Waals surface area (Å²) in [5.74, 6) is -0.255. The summed E-state index contributed by atoms with van der Waals surface area (Å²) in [6.45, 7) is 0.748. The van der Waals surface area contributed by atoms with Crippen LogP contribution in [0.4, 0.5) is 5.13 Å². The Morgan fingerprint density at radius 3 is 3.18 bits per heavy atom. The first-order chi connectivity index (χ1) is 10.8. The lowest BCUT2D eigenvalue weighted by atomic mass is 10.1. The number of ether oxygens (including phenoxy) is 1. The maximum absolute atomic E-state index is 12.2. The molecule has 1 N–H and O–H groups in total. The van der Waals surface area contributed by atoms with Gasteiger partial charge in [-0.05, 0) is 30.5 Å². The number of nitrogens with one attached hydrogen (secondary N) is 1. The van der Waals surface area contributed by atoms with E-state index in [4.69, 9.17) is 10.00 Å². The van der Waals surface area contributed by atoms with E-state index >= 15 is 0 Å². The Balaban J connectivity index is 1.69. The monoisotopic (exact) mass is 314 g/mol. The van der Waals surface area contributed by atoms with Gasteiger partial charge in [0.1, 0.15) is 11.1 Å². The molecule has 1 aliphatic rings. The molecule has 0 radical (unpaired) electrons. The summed E-state index contributed by atoms with van der Waals surface area (Å²) in [7, 11) is 0. The topological polar surface area (TPSA) is 87.9 Å². The Bertz CT molecular complexity index is 716. The SMILES string of the molecule is N#CCc1cccc(C(=O)Nc2nnc(C3CCCO3)s2)c1. The molecule has 2 heterocycles. The van der Waals surface area contributed by atoms with Crippen LogP contribution in [0.2, 0.25) is 0 Å². The van der Waals surface area contributed by atoms with E-state index < -0.39 is 0 Å². The van der Waals surface area contributed by atoms with Crippen molar-refractivity contribution in [2.24, 2.45) is 0 Å². The fraction of sp³-hybridized carbons (Fsp3) is 0.333. The van der Waals surface area contributed by atoms with Gasteiger partial charge in [-0.25, -0.2) is 0 Å². The van der Waals surface area contributed by atoms with E-state index in [0.29, 0.717) is 10.7 Å². The molecular formula is C15H14N4O2S. The third-order valence-electron chi connectivity index (χ3n) is 3.34. The van der Waals surface area contributed by atoms with Gasteiger partial charge >= 0.3 is 0 Å². The number of benzene rings is 1. The second-order valence-corrected chi connectivity index (χ2v) is 5.95. The lowest BCUT2D eigenvalue weighted by Crippen LogP contribution is -2.11. The van der Waals surface area contributed by atoms with Gasteiger partial charge in [-0.3, -0.25) is 10.1 Å². The highest BCUT2D eigenvalue weighted by Gasteiger charge is 2.22. The predicted molar refractivity (Wildman–Crippen MR) is 81.5 cm³/mol. The first-order valence-corrected chi connectivity index (χ1v) is 7.80. The summed E-state index contributed by atoms with van der Waals surface area (Å²) in [4.78, 5) is 12.2. The smallest absolute Gasteiger partial charge is 0.257 e. The fourth-order valence-corrected chi connectivity index (χ4v) is 3.09. The molecule has 1 aromatic heterocycles. The molecule has 22 heavy (non-hydrogen) atoms. The van der Waals surface area contributed by atoms with E-state index in [0.717, 1.165) is 30.0 Å². The largest absolute Gasteiger partial charge is 0.371 e. The van der Waals surface area contributed by atoms with Gasteiger partial charge in [0.05, 0.1) is 12.5 Å². The summed E-state index contributed by atoms with van der Waals surface area (Å²) < 4.78 is 5.55. The number of hydrogen-bond donors (Lipinski definition) is 1. The molecule has 1 aliphatic heterocycles. The zero-order chi connectivity index (χ0) is 15.4. The molecule has 0 aliphatic carbocycles. The minimum atomic E-state index is -0.255. The molecule has 0 spiro atoms. The molecule has 1 aromatic carbocycles. The number of carbonyl (C=O) groups excluding carboxylic acids is 1. The van der Waals surface area contributed by atoms with Crippen LogP contribution in [0, 0.1) is 11.3 Å². The lowest BCUT2D eigenvalue weighted by Gasteiger charge is -2.03. The van der Waals surface area contributed by atoms with Crippen LogP contribution in [0.15, 0.2) is 24.3 Å². The van der Waals surface area contributed by atoms with Crippen LogP contribution in [0.5, 0.6) is 0 Å². The highest BCUT2D eigenvalue weighted by atomic mass is 32.1. The fourth-order valence-electron chi connectivity index (χ4n) is 2.27. The summed E-state index contributed by atoms with van der Waals surface area (Å²) >= 11 is 1.34. The van der Waals surface area contributed by atoms with Gasteiger partial charge < -0.3 is 4.74 Å². The predicted octanol–water partition coefficient (Wildman–Crippen LogP) is 2.71. The molecule has 1 amide bonds. The van der Waals surface area contributed by atoms with Crippen molar-refractivity contribution in [1.82, 2.24) is 10.2 Å². The number of rotatable bonds is 4. The second kappa shape index (κ2) is 6.64. The van der Waals surface area contributed by atoms with Gasteiger partial charge in [-0.1, -0.05) is 23.5 Å². The molecule has 0 saturated carbocycles. The van der Waals surface area contributed by atoms with Crippen LogP contribution in [0.3, 0.4) is 0 Å². The van der Waals surface area contributed by atoms with Crippen molar-refractivity contribution >= 4 is 22.4 Å². The number of amides is 1. The zero-order valence-corrected chi connectivity index (χ0v) is 12.6. The highest BCUT2D eigenvalue weighted by Crippen LogP contribution is 2.31. The molecule has 1 atom stereocenters. The van der Waals surface area contributed by atoms with Gasteiger partial charge in [0.25, 0.3) is 5.91 Å². The van der Waals surface area contributed by atoms with Crippen molar-refractivity contribution in [1.29, 1.82) is 5.26 Å². The lowest BCUT2D eigenvalue weighted by molar-refractivity contribution is 0.102. The van der Waals surface area contributed by atoms with E-state index in [-0.39, 0.29) is 18.4 Å². The average Bonchev–Trinajstić information content (AvgIpc) is 3.18. The normalized spacial score (nSPS) is 17.1. The first-order valence-electron chi connectivity index (χ1n) is 6.98. The summed E-state index contributed by atoms with van der Waals surface area (Å²) in [6, 6.07) is 9.07. The summed E-state index contributed by atoms with van der Waals surface area (Å²) in [6.07, 6.45) is 2.25. The quantitative estimate of drug-likeness (QED) is 0.937. The van der Waals surface area contributed by atoms with Crippen molar-refractivity contribution in [2.75, 3.05) is 11.9 Å². The molecule has 112 valence electrons. The van der Waals surface area contributed by atoms with Crippen LogP contribution in [0.25, 0.3) is 0 Å². The molecule has 1 fully saturated rings. The molecule has 7 heteroatoms. The Kier molecular flexibility index (Phi) is 4.42. The van der Waals surface area contributed by atoms with Crippen molar-refractivity contribution in [3.8, 4) is 6.07 Å². The molecule has 1 saturated heterocycles. The number of nitriles is 1. The third kappa shape index (κ3) is 3.30. The van der Waals surface area contributed by atoms with E-state index in [1.54, 1.807) is 18.2 Å². The van der Waals surface area contributed by atoms with Crippen molar-refractivity contribution in [3.63, 3.8) is 0 Å². The zero-order valence-electron chi connectivity index (χ0n) is 11.8. The summed E-state index contributed by atoms with van der Waals surface area (Å²) in [5.41, 5.74) is 1.31. The van der Waals surface area contributed by atoms with E-state index in [2.05, 4.69) is 21.6 Å². The van der Waals surface area contributed by atoms with Crippen LogP contribution >= 0.6 is 11.3 Å². The second-order valence-electron chi connectivity index (χ2n) is 4.94. The summed E-state index contributed by atoms with van der Waals surface area (Å²) in [5, 5.41) is 20.8. The van der Waals surface area contributed by atoms with E-state index in [9.17, 15) is 4.79 Å². The van der Waals surface area contributed by atoms with Crippen LogP contribution in [-0.2, 0) is 11.2 Å². The first kappa shape index (κ1) is 14.6. The van der Waals surface area contributed by atoms with Crippen LogP contribution in [-0.4, -0.2) is 22.7 Å². The number of aromatic nitrogens is 2. The highest BCUT2D eigenvalue weighted by molar-refractivity contribution is 7.15. The van der Waals surface area contributed by atoms with Crippen molar-refractivity contribution < 1.29 is 9.53 Å². The Labute approximate surface area is 131 Å². The Morgan fingerprint density at radius 2 is 2.41 bits per heavy atom. The van der Waals surface area contributed by atoms with Gasteiger partial charge in [0, 0.05) is 12.2 Å². The molecule has 3 rings (SSSR count). The Morgan fingerprint density at radius 1 is 1.50 bits per heavy atom. The standard InChI is InChI=1S/C15H14N4O2S/c16-7-6-10-3-1-4-11(9-10)13(20)17-15-19-18-14(22-15)12-5-2-8-21-12/h1,3-4,9,12H,2,5-6,8H2,(H,17,19,20). The molecule has 6 nitrogen and oxygen atoms in total. The van der Waals surface area contributed by atoms with Crippen molar-refractivity contribution in [3.05, 3.63) is 40.4 Å². The maximum Gasteiger partial charge on any atom is 0.257 e. The van der Waals surface area contributed by atoms with Crippen molar-refractivity contribution in [2.45, 2.75) is 25.4 Å². The van der Waals surface area contributed by atoms with Gasteiger partial charge in [-0.2, -0.15) is 5.26 Å². The maximum atomic E-state index is 12.2. The third-order valence-corrected chi connectivity index (χ3v) is 4.27. The van der Waals surface area contributed by atoms with E-state index in [1.807, 2.05) is 6.07 Å². The molecule has 1 unspecified atom stereocenters. The molecule has 2 aromatic rings. The number of anilines is 1.